The number of carbonyl (C=O) groups excluding carboxylic acids is 1. The zero-order valence-electron chi connectivity index (χ0n) is 14.7. The van der Waals surface area contributed by atoms with Crippen LogP contribution in [0.1, 0.15) is 27.2 Å². The molecule has 0 saturated carbocycles. The highest BCUT2D eigenvalue weighted by atomic mass is 16.1. The molecule has 1 amide bonds. The van der Waals surface area contributed by atoms with E-state index < -0.39 is 0 Å². The van der Waals surface area contributed by atoms with Gasteiger partial charge < -0.3 is 10.6 Å². The van der Waals surface area contributed by atoms with Gasteiger partial charge in [-0.1, -0.05) is 24.3 Å². The molecule has 0 bridgehead atoms. The monoisotopic (exact) mass is 313 g/mol. The Morgan fingerprint density at radius 2 is 1.74 bits per heavy atom. The highest BCUT2D eigenvalue weighted by molar-refractivity contribution is 5.61. The maximum atomic E-state index is 11.8. The summed E-state index contributed by atoms with van der Waals surface area (Å²) in [6.07, 6.45) is 15.5. The number of hydrogen-bond acceptors (Lipinski definition) is 3. The Kier molecular flexibility index (Phi) is 7.13. The van der Waals surface area contributed by atoms with Gasteiger partial charge in [0.15, 0.2) is 0 Å². The van der Waals surface area contributed by atoms with Crippen LogP contribution >= 0.6 is 0 Å². The van der Waals surface area contributed by atoms with E-state index in [0.717, 1.165) is 35.5 Å². The minimum Gasteiger partial charge on any atom is -0.399 e. The minimum atomic E-state index is 0.702. The molecule has 23 heavy (non-hydrogen) atoms. The summed E-state index contributed by atoms with van der Waals surface area (Å²) >= 11 is 0. The normalized spacial score (nSPS) is 16.5. The van der Waals surface area contributed by atoms with E-state index in [1.165, 1.54) is 0 Å². The van der Waals surface area contributed by atoms with Crippen molar-refractivity contribution in [1.82, 2.24) is 9.80 Å². The lowest BCUT2D eigenvalue weighted by Gasteiger charge is -2.25. The van der Waals surface area contributed by atoms with Gasteiger partial charge in [-0.25, -0.2) is 0 Å². The van der Waals surface area contributed by atoms with Gasteiger partial charge in [-0.05, 0) is 51.0 Å². The van der Waals surface area contributed by atoms with Crippen molar-refractivity contribution >= 4 is 6.41 Å². The molecule has 0 spiro atoms. The molecule has 1 aliphatic rings. The van der Waals surface area contributed by atoms with E-state index in [0.29, 0.717) is 5.70 Å². The summed E-state index contributed by atoms with van der Waals surface area (Å²) in [5, 5.41) is 0. The quantitative estimate of drug-likeness (QED) is 0.603. The topological polar surface area (TPSA) is 49.6 Å². The second kappa shape index (κ2) is 8.83. The van der Waals surface area contributed by atoms with E-state index in [-0.39, 0.29) is 0 Å². The summed E-state index contributed by atoms with van der Waals surface area (Å²) in [7, 11) is 3.94. The standard InChI is InChI=1S/C19H27N3O/c1-6-16(13-15(3)17(20)7-2)22(14-23)19-12-10-8-9-11-18(19)21(4)5/h6-7,9-14H,8,20H2,1-5H3/b15-13-,16-6+,17-7+. The van der Waals surface area contributed by atoms with Crippen LogP contribution in [-0.2, 0) is 4.79 Å². The molecular formula is C19H27N3O. The van der Waals surface area contributed by atoms with Crippen LogP contribution in [0.5, 0.6) is 0 Å². The van der Waals surface area contributed by atoms with Crippen molar-refractivity contribution in [3.8, 4) is 0 Å². The van der Waals surface area contributed by atoms with Crippen molar-refractivity contribution in [2.75, 3.05) is 14.1 Å². The smallest absolute Gasteiger partial charge is 0.218 e. The number of carbonyl (C=O) groups is 1. The van der Waals surface area contributed by atoms with Gasteiger partial charge in [0.1, 0.15) is 0 Å². The molecule has 0 aromatic rings. The van der Waals surface area contributed by atoms with Crippen LogP contribution in [0.15, 0.2) is 70.9 Å². The van der Waals surface area contributed by atoms with Crippen molar-refractivity contribution in [2.45, 2.75) is 27.2 Å². The molecule has 0 fully saturated rings. The molecule has 0 aromatic carbocycles. The third-order valence-corrected chi connectivity index (χ3v) is 3.64. The fourth-order valence-corrected chi connectivity index (χ4v) is 2.27. The average Bonchev–Trinajstić information content (AvgIpc) is 2.79. The molecule has 1 aliphatic carbocycles. The number of likely N-dealkylation sites (N-methyl/N-ethyl adjacent to an activating group) is 1. The first-order chi connectivity index (χ1) is 11.0. The lowest BCUT2D eigenvalue weighted by atomic mass is 10.1. The van der Waals surface area contributed by atoms with Gasteiger partial charge in [-0.15, -0.1) is 0 Å². The van der Waals surface area contributed by atoms with E-state index in [4.69, 9.17) is 5.73 Å². The molecule has 2 N–H and O–H groups in total. The molecule has 0 atom stereocenters. The van der Waals surface area contributed by atoms with Crippen molar-refractivity contribution in [1.29, 1.82) is 0 Å². The summed E-state index contributed by atoms with van der Waals surface area (Å²) < 4.78 is 0. The summed E-state index contributed by atoms with van der Waals surface area (Å²) in [6.45, 7) is 5.74. The predicted molar refractivity (Wildman–Crippen MR) is 97.0 cm³/mol. The van der Waals surface area contributed by atoms with Crippen LogP contribution < -0.4 is 5.73 Å². The predicted octanol–water partition coefficient (Wildman–Crippen LogP) is 3.45. The Bertz CT molecular complexity index is 617. The third kappa shape index (κ3) is 4.74. The van der Waals surface area contributed by atoms with Crippen molar-refractivity contribution in [3.63, 3.8) is 0 Å². The largest absolute Gasteiger partial charge is 0.399 e. The van der Waals surface area contributed by atoms with Gasteiger partial charge in [0.25, 0.3) is 0 Å². The summed E-state index contributed by atoms with van der Waals surface area (Å²) in [5.74, 6) is 0. The fourth-order valence-electron chi connectivity index (χ4n) is 2.27. The molecule has 1 rings (SSSR count). The number of amides is 1. The van der Waals surface area contributed by atoms with E-state index in [9.17, 15) is 4.79 Å². The van der Waals surface area contributed by atoms with Gasteiger partial charge in [0, 0.05) is 25.5 Å². The molecule has 0 saturated heterocycles. The highest BCUT2D eigenvalue weighted by Gasteiger charge is 2.16. The Hall–Kier alpha value is -2.49. The van der Waals surface area contributed by atoms with Crippen LogP contribution in [0.3, 0.4) is 0 Å². The Balaban J connectivity index is 3.39. The number of rotatable bonds is 6. The third-order valence-electron chi connectivity index (χ3n) is 3.64. The van der Waals surface area contributed by atoms with E-state index in [1.54, 1.807) is 4.90 Å². The zero-order valence-corrected chi connectivity index (χ0v) is 14.7. The van der Waals surface area contributed by atoms with Gasteiger partial charge in [0.2, 0.25) is 6.41 Å². The fraction of sp³-hybridized carbons (Fsp3) is 0.316. The Morgan fingerprint density at radius 3 is 2.22 bits per heavy atom. The highest BCUT2D eigenvalue weighted by Crippen LogP contribution is 2.23. The molecule has 124 valence electrons. The second-order valence-electron chi connectivity index (χ2n) is 5.47. The van der Waals surface area contributed by atoms with E-state index in [1.807, 2.05) is 76.2 Å². The lowest BCUT2D eigenvalue weighted by Crippen LogP contribution is -2.24. The molecular weight excluding hydrogens is 286 g/mol. The summed E-state index contributed by atoms with van der Waals surface area (Å²) in [5.41, 5.74) is 10.2. The Morgan fingerprint density at radius 1 is 1.13 bits per heavy atom. The first-order valence-electron chi connectivity index (χ1n) is 7.72. The van der Waals surface area contributed by atoms with E-state index >= 15 is 0 Å². The van der Waals surface area contributed by atoms with Gasteiger partial charge in [-0.2, -0.15) is 0 Å². The maximum absolute atomic E-state index is 11.8. The molecule has 0 aromatic heterocycles. The first kappa shape index (κ1) is 18.6. The van der Waals surface area contributed by atoms with E-state index in [2.05, 4.69) is 6.08 Å². The number of allylic oxidation sites excluding steroid dienone is 8. The molecule has 4 heteroatoms. The van der Waals surface area contributed by atoms with Gasteiger partial charge in [0.05, 0.1) is 11.4 Å². The number of nitrogens with two attached hydrogens (primary N) is 1. The summed E-state index contributed by atoms with van der Waals surface area (Å²) in [6, 6.07) is 0. The van der Waals surface area contributed by atoms with Crippen LogP contribution in [0.4, 0.5) is 0 Å². The van der Waals surface area contributed by atoms with Crippen molar-refractivity contribution in [2.24, 2.45) is 5.73 Å². The zero-order chi connectivity index (χ0) is 17.4. The average molecular weight is 313 g/mol. The second-order valence-corrected chi connectivity index (χ2v) is 5.47. The lowest BCUT2D eigenvalue weighted by molar-refractivity contribution is -0.114. The van der Waals surface area contributed by atoms with Crippen LogP contribution in [0, 0.1) is 0 Å². The van der Waals surface area contributed by atoms with Crippen LogP contribution in [0.25, 0.3) is 0 Å². The van der Waals surface area contributed by atoms with Gasteiger partial charge >= 0.3 is 0 Å². The number of nitrogens with zero attached hydrogens (tertiary/aromatic N) is 2. The van der Waals surface area contributed by atoms with Crippen LogP contribution in [0.2, 0.25) is 0 Å². The number of hydrogen-bond donors (Lipinski definition) is 1. The maximum Gasteiger partial charge on any atom is 0.218 e. The summed E-state index contributed by atoms with van der Waals surface area (Å²) in [4.78, 5) is 15.5. The molecule has 0 radical (unpaired) electrons. The SMILES string of the molecule is C\C=C(N)/C(C)=C\C(=C/C)N(C=O)C1=C(N(C)C)C=CCC=C1. The van der Waals surface area contributed by atoms with Crippen molar-refractivity contribution < 1.29 is 4.79 Å². The molecule has 4 nitrogen and oxygen atoms in total. The molecule has 0 heterocycles. The molecule has 0 unspecified atom stereocenters. The first-order valence-corrected chi connectivity index (χ1v) is 7.72. The van der Waals surface area contributed by atoms with Gasteiger partial charge in [-0.3, -0.25) is 9.69 Å². The van der Waals surface area contributed by atoms with Crippen molar-refractivity contribution in [3.05, 3.63) is 70.9 Å². The molecule has 0 aliphatic heterocycles. The Labute approximate surface area is 139 Å². The van der Waals surface area contributed by atoms with Crippen LogP contribution in [-0.4, -0.2) is 30.3 Å². The minimum absolute atomic E-state index is 0.702.